The first kappa shape index (κ1) is 27.4. The molecule has 196 valence electrons. The highest BCUT2D eigenvalue weighted by Gasteiger charge is 2.34. The molecule has 0 amide bonds. The average molecular weight is 619 g/mol. The average Bonchev–Trinajstić information content (AvgIpc) is 3.18. The summed E-state index contributed by atoms with van der Waals surface area (Å²) in [4.78, 5) is 31.8. The minimum atomic E-state index is -0.948. The highest BCUT2D eigenvalue weighted by molar-refractivity contribution is 9.10. The molecule has 1 aliphatic heterocycles. The number of hydrogen-bond donors (Lipinski definition) is 1. The van der Waals surface area contributed by atoms with Gasteiger partial charge < -0.3 is 19.3 Å². The van der Waals surface area contributed by atoms with Crippen LogP contribution in [0.4, 0.5) is 0 Å². The Bertz CT molecular complexity index is 1690. The molecule has 1 aliphatic rings. The number of nitrogens with zero attached hydrogens (tertiary/aromatic N) is 3. The molecule has 9 nitrogen and oxygen atoms in total. The van der Waals surface area contributed by atoms with E-state index >= 15 is 0 Å². The number of fused-ring (bicyclic) bond motifs is 1. The molecule has 0 spiro atoms. The van der Waals surface area contributed by atoms with E-state index in [1.54, 1.807) is 38.1 Å². The molecule has 1 N–H and O–H groups in total. The number of nitriles is 1. The van der Waals surface area contributed by atoms with Crippen molar-refractivity contribution in [3.63, 3.8) is 0 Å². The molecule has 38 heavy (non-hydrogen) atoms. The van der Waals surface area contributed by atoms with Gasteiger partial charge in [0.1, 0.15) is 11.8 Å². The molecule has 0 unspecified atom stereocenters. The van der Waals surface area contributed by atoms with Crippen molar-refractivity contribution in [2.75, 3.05) is 20.3 Å². The van der Waals surface area contributed by atoms with Crippen molar-refractivity contribution in [2.45, 2.75) is 19.9 Å². The maximum absolute atomic E-state index is 13.8. The van der Waals surface area contributed by atoms with Crippen LogP contribution in [0.5, 0.6) is 17.2 Å². The minimum Gasteiger partial charge on any atom is -0.503 e. The Kier molecular flexibility index (Phi) is 8.26. The zero-order chi connectivity index (χ0) is 27.6. The number of carbonyl (C=O) groups excluding carboxylic acids is 1. The molecular weight excluding hydrogens is 598 g/mol. The van der Waals surface area contributed by atoms with Crippen LogP contribution >= 0.6 is 38.9 Å². The molecular formula is C26H21BrClN3O6S. The van der Waals surface area contributed by atoms with Gasteiger partial charge in [-0.2, -0.15) is 5.26 Å². The number of carbonyl (C=O) groups is 1. The van der Waals surface area contributed by atoms with Crippen LogP contribution in [0.2, 0.25) is 5.02 Å². The Hall–Kier alpha value is -3.59. The monoisotopic (exact) mass is 617 g/mol. The fourth-order valence-electron chi connectivity index (χ4n) is 4.03. The summed E-state index contributed by atoms with van der Waals surface area (Å²) in [5, 5.41) is 19.2. The van der Waals surface area contributed by atoms with Gasteiger partial charge in [-0.1, -0.05) is 38.9 Å². The number of thiazole rings is 1. The van der Waals surface area contributed by atoms with Gasteiger partial charge in [-0.05, 0) is 55.8 Å². The van der Waals surface area contributed by atoms with Crippen LogP contribution in [0.25, 0.3) is 6.08 Å². The number of methoxy groups -OCH3 is 1. The van der Waals surface area contributed by atoms with Crippen LogP contribution in [0, 0.1) is 11.3 Å². The molecule has 0 aliphatic carbocycles. The van der Waals surface area contributed by atoms with Gasteiger partial charge in [-0.3, -0.25) is 9.36 Å². The predicted octanol–water partition coefficient (Wildman–Crippen LogP) is 3.83. The van der Waals surface area contributed by atoms with Crippen LogP contribution in [0.15, 0.2) is 55.9 Å². The second kappa shape index (κ2) is 11.4. The number of esters is 1. The molecule has 1 aromatic heterocycles. The lowest BCUT2D eigenvalue weighted by Crippen LogP contribution is -2.40. The molecule has 0 fully saturated rings. The molecule has 0 saturated carbocycles. The highest BCUT2D eigenvalue weighted by atomic mass is 79.9. The Morgan fingerprint density at radius 1 is 1.34 bits per heavy atom. The summed E-state index contributed by atoms with van der Waals surface area (Å²) < 4.78 is 18.6. The molecule has 12 heteroatoms. The predicted molar refractivity (Wildman–Crippen MR) is 145 cm³/mol. The highest BCUT2D eigenvalue weighted by Crippen LogP contribution is 2.40. The number of aromatic hydroxyl groups is 1. The number of phenolic OH excluding ortho intramolecular Hbond substituents is 1. The lowest BCUT2D eigenvalue weighted by Gasteiger charge is -2.25. The van der Waals surface area contributed by atoms with E-state index in [0.29, 0.717) is 31.9 Å². The van der Waals surface area contributed by atoms with Crippen molar-refractivity contribution in [2.24, 2.45) is 4.99 Å². The first-order valence-corrected chi connectivity index (χ1v) is 13.2. The zero-order valence-corrected chi connectivity index (χ0v) is 23.6. The standard InChI is InChI=1S/C26H21BrClN3O6S/c1-4-36-25(34)21-13(2)30-26-31(22(21)15-10-17(28)23(32)19(11-15)35-3)24(33)20(38-26)12-14-9-16(27)5-6-18(14)37-8-7-29/h5-6,9-12,22,32H,4,8H2,1-3H3/b20-12-/t22-/m0/s1. The van der Waals surface area contributed by atoms with Gasteiger partial charge in [0.25, 0.3) is 5.56 Å². The summed E-state index contributed by atoms with van der Waals surface area (Å²) in [6.07, 6.45) is 1.64. The summed E-state index contributed by atoms with van der Waals surface area (Å²) in [5.41, 5.74) is 1.13. The van der Waals surface area contributed by atoms with Gasteiger partial charge in [-0.25, -0.2) is 9.79 Å². The second-order valence-electron chi connectivity index (χ2n) is 7.98. The Balaban J connectivity index is 1.99. The SMILES string of the molecule is CCOC(=O)C1=C(C)N=c2s/c(=C\c3cc(Br)ccc3OCC#N)c(=O)n2[C@H]1c1cc(Cl)c(O)c(OC)c1. The van der Waals surface area contributed by atoms with Crippen LogP contribution in [0.3, 0.4) is 0 Å². The van der Waals surface area contributed by atoms with E-state index in [9.17, 15) is 14.7 Å². The lowest BCUT2D eigenvalue weighted by atomic mass is 9.95. The number of ether oxygens (including phenoxy) is 3. The lowest BCUT2D eigenvalue weighted by molar-refractivity contribution is -0.139. The zero-order valence-electron chi connectivity index (χ0n) is 20.4. The molecule has 2 aromatic carbocycles. The van der Waals surface area contributed by atoms with Crippen molar-refractivity contribution in [3.05, 3.63) is 81.9 Å². The normalized spacial score (nSPS) is 14.9. The van der Waals surface area contributed by atoms with Crippen molar-refractivity contribution < 1.29 is 24.1 Å². The summed E-state index contributed by atoms with van der Waals surface area (Å²) in [7, 11) is 1.37. The van der Waals surface area contributed by atoms with Gasteiger partial charge in [0.15, 0.2) is 22.9 Å². The quantitative estimate of drug-likeness (QED) is 0.399. The van der Waals surface area contributed by atoms with Crippen molar-refractivity contribution in [3.8, 4) is 23.3 Å². The van der Waals surface area contributed by atoms with E-state index in [1.165, 1.54) is 23.8 Å². The van der Waals surface area contributed by atoms with Crippen molar-refractivity contribution in [1.29, 1.82) is 5.26 Å². The number of allylic oxidation sites excluding steroid dienone is 1. The van der Waals surface area contributed by atoms with E-state index in [0.717, 1.165) is 15.8 Å². The van der Waals surface area contributed by atoms with Crippen molar-refractivity contribution >= 4 is 50.9 Å². The number of aromatic nitrogens is 1. The summed E-state index contributed by atoms with van der Waals surface area (Å²) in [6, 6.07) is 9.20. The number of rotatable bonds is 7. The van der Waals surface area contributed by atoms with E-state index in [1.807, 2.05) is 6.07 Å². The van der Waals surface area contributed by atoms with Gasteiger partial charge in [0.2, 0.25) is 0 Å². The van der Waals surface area contributed by atoms with E-state index < -0.39 is 17.6 Å². The van der Waals surface area contributed by atoms with E-state index in [4.69, 9.17) is 31.1 Å². The summed E-state index contributed by atoms with van der Waals surface area (Å²) >= 11 is 10.8. The van der Waals surface area contributed by atoms with Crippen LogP contribution in [-0.4, -0.2) is 36.0 Å². The number of hydrogen-bond acceptors (Lipinski definition) is 9. The number of benzene rings is 2. The van der Waals surface area contributed by atoms with E-state index in [-0.39, 0.29) is 35.3 Å². The summed E-state index contributed by atoms with van der Waals surface area (Å²) in [6.45, 7) is 3.32. The Morgan fingerprint density at radius 3 is 2.79 bits per heavy atom. The van der Waals surface area contributed by atoms with Crippen LogP contribution < -0.4 is 24.4 Å². The third-order valence-electron chi connectivity index (χ3n) is 5.65. The van der Waals surface area contributed by atoms with Gasteiger partial charge in [-0.15, -0.1) is 0 Å². The van der Waals surface area contributed by atoms with Gasteiger partial charge in [0, 0.05) is 10.0 Å². The Labute approximate surface area is 234 Å². The third kappa shape index (κ3) is 5.20. The topological polar surface area (TPSA) is 123 Å². The molecule has 1 atom stereocenters. The molecule has 0 bridgehead atoms. The first-order chi connectivity index (χ1) is 18.2. The first-order valence-electron chi connectivity index (χ1n) is 11.3. The maximum Gasteiger partial charge on any atom is 0.338 e. The number of phenols is 1. The largest absolute Gasteiger partial charge is 0.503 e. The second-order valence-corrected chi connectivity index (χ2v) is 10.3. The van der Waals surface area contributed by atoms with E-state index in [2.05, 4.69) is 20.9 Å². The Morgan fingerprint density at radius 2 is 2.11 bits per heavy atom. The number of halogens is 2. The maximum atomic E-state index is 13.8. The molecule has 4 rings (SSSR count). The molecule has 2 heterocycles. The molecule has 3 aromatic rings. The smallest absolute Gasteiger partial charge is 0.338 e. The summed E-state index contributed by atoms with van der Waals surface area (Å²) in [5.74, 6) is -0.380. The van der Waals surface area contributed by atoms with Crippen LogP contribution in [0.1, 0.15) is 31.0 Å². The molecule has 0 radical (unpaired) electrons. The van der Waals surface area contributed by atoms with Gasteiger partial charge >= 0.3 is 5.97 Å². The van der Waals surface area contributed by atoms with Crippen molar-refractivity contribution in [1.82, 2.24) is 4.57 Å². The van der Waals surface area contributed by atoms with Crippen LogP contribution in [-0.2, 0) is 9.53 Å². The fourth-order valence-corrected chi connectivity index (χ4v) is 5.66. The minimum absolute atomic E-state index is 0.00671. The molecule has 0 saturated heterocycles. The third-order valence-corrected chi connectivity index (χ3v) is 7.42. The fraction of sp³-hybridized carbons (Fsp3) is 0.231. The van der Waals surface area contributed by atoms with Gasteiger partial charge in [0.05, 0.1) is 40.6 Å².